The number of piperidine rings is 1. The number of anilines is 1. The van der Waals surface area contributed by atoms with Crippen molar-refractivity contribution in [1.82, 2.24) is 25.1 Å². The Morgan fingerprint density at radius 2 is 2.00 bits per heavy atom. The van der Waals surface area contributed by atoms with E-state index in [0.29, 0.717) is 29.2 Å². The van der Waals surface area contributed by atoms with E-state index in [1.165, 1.54) is 0 Å². The van der Waals surface area contributed by atoms with E-state index in [2.05, 4.69) is 25.7 Å². The standard InChI is InChI=1S/C20H24N6O2/c1-13-16(22-19(28-13)15-6-4-3-5-7-15)12-17(27)23-20-24-18(25-26(20)2)14-8-10-21-11-9-14/h3-7,14,21H,8-12H2,1-2H3,(H,23,24,25,27). The van der Waals surface area contributed by atoms with Crippen LogP contribution in [0.15, 0.2) is 34.7 Å². The highest BCUT2D eigenvalue weighted by atomic mass is 16.4. The van der Waals surface area contributed by atoms with Gasteiger partial charge in [0.05, 0.1) is 12.1 Å². The average molecular weight is 380 g/mol. The Labute approximate surface area is 163 Å². The van der Waals surface area contributed by atoms with Crippen LogP contribution in [0.1, 0.15) is 36.0 Å². The maximum Gasteiger partial charge on any atom is 0.232 e. The van der Waals surface area contributed by atoms with Gasteiger partial charge in [-0.2, -0.15) is 10.1 Å². The molecule has 0 aliphatic carbocycles. The topological polar surface area (TPSA) is 97.9 Å². The van der Waals surface area contributed by atoms with Crippen LogP contribution in [-0.2, 0) is 18.3 Å². The van der Waals surface area contributed by atoms with Crippen LogP contribution in [0, 0.1) is 6.92 Å². The lowest BCUT2D eigenvalue weighted by atomic mass is 9.98. The molecule has 0 unspecified atom stereocenters. The van der Waals surface area contributed by atoms with Crippen LogP contribution in [0.5, 0.6) is 0 Å². The van der Waals surface area contributed by atoms with Crippen molar-refractivity contribution < 1.29 is 9.21 Å². The number of nitrogens with one attached hydrogen (secondary N) is 2. The van der Waals surface area contributed by atoms with E-state index >= 15 is 0 Å². The van der Waals surface area contributed by atoms with Crippen molar-refractivity contribution in [3.05, 3.63) is 47.6 Å². The summed E-state index contributed by atoms with van der Waals surface area (Å²) in [6.45, 7) is 3.76. The molecule has 8 heteroatoms. The van der Waals surface area contributed by atoms with Crippen LogP contribution < -0.4 is 10.6 Å². The summed E-state index contributed by atoms with van der Waals surface area (Å²) in [5, 5.41) is 10.7. The molecule has 2 aromatic heterocycles. The Bertz CT molecular complexity index is 956. The Balaban J connectivity index is 1.44. The summed E-state index contributed by atoms with van der Waals surface area (Å²) in [7, 11) is 1.79. The molecule has 1 fully saturated rings. The first-order valence-electron chi connectivity index (χ1n) is 9.53. The van der Waals surface area contributed by atoms with E-state index in [1.54, 1.807) is 11.7 Å². The molecule has 1 saturated heterocycles. The number of hydrogen-bond donors (Lipinski definition) is 2. The predicted octanol–water partition coefficient (Wildman–Crippen LogP) is 2.43. The van der Waals surface area contributed by atoms with E-state index in [9.17, 15) is 4.79 Å². The quantitative estimate of drug-likeness (QED) is 0.705. The summed E-state index contributed by atoms with van der Waals surface area (Å²) in [6.07, 6.45) is 2.15. The van der Waals surface area contributed by atoms with E-state index in [4.69, 9.17) is 4.42 Å². The minimum atomic E-state index is -0.191. The average Bonchev–Trinajstić information content (AvgIpc) is 3.26. The third-order valence-corrected chi connectivity index (χ3v) is 4.98. The van der Waals surface area contributed by atoms with Crippen molar-refractivity contribution in [2.24, 2.45) is 7.05 Å². The minimum Gasteiger partial charge on any atom is -0.441 e. The van der Waals surface area contributed by atoms with Gasteiger partial charge in [-0.15, -0.1) is 0 Å². The third-order valence-electron chi connectivity index (χ3n) is 4.98. The van der Waals surface area contributed by atoms with E-state index in [0.717, 1.165) is 37.3 Å². The molecule has 28 heavy (non-hydrogen) atoms. The number of benzene rings is 1. The fraction of sp³-hybridized carbons (Fsp3) is 0.400. The normalized spacial score (nSPS) is 14.9. The summed E-state index contributed by atoms with van der Waals surface area (Å²) in [5.41, 5.74) is 1.51. The van der Waals surface area contributed by atoms with Crippen molar-refractivity contribution in [1.29, 1.82) is 0 Å². The first kappa shape index (κ1) is 18.4. The highest BCUT2D eigenvalue weighted by Gasteiger charge is 2.22. The van der Waals surface area contributed by atoms with E-state index in [1.807, 2.05) is 37.3 Å². The summed E-state index contributed by atoms with van der Waals surface area (Å²) in [6, 6.07) is 9.64. The number of amides is 1. The lowest BCUT2D eigenvalue weighted by Gasteiger charge is -2.19. The molecule has 1 aliphatic rings. The van der Waals surface area contributed by atoms with Crippen molar-refractivity contribution in [3.8, 4) is 11.5 Å². The zero-order valence-electron chi connectivity index (χ0n) is 16.1. The lowest BCUT2D eigenvalue weighted by molar-refractivity contribution is -0.115. The van der Waals surface area contributed by atoms with Gasteiger partial charge in [0.15, 0.2) is 5.82 Å². The van der Waals surface area contributed by atoms with Gasteiger partial charge in [-0.3, -0.25) is 10.1 Å². The molecule has 3 heterocycles. The molecule has 1 aliphatic heterocycles. The predicted molar refractivity (Wildman–Crippen MR) is 105 cm³/mol. The number of rotatable bonds is 5. The van der Waals surface area contributed by atoms with Crippen LogP contribution in [0.25, 0.3) is 11.5 Å². The van der Waals surface area contributed by atoms with E-state index < -0.39 is 0 Å². The minimum absolute atomic E-state index is 0.123. The first-order valence-corrected chi connectivity index (χ1v) is 9.53. The van der Waals surface area contributed by atoms with Crippen molar-refractivity contribution in [2.75, 3.05) is 18.4 Å². The van der Waals surface area contributed by atoms with Crippen molar-refractivity contribution in [2.45, 2.75) is 32.1 Å². The third kappa shape index (κ3) is 3.96. The van der Waals surface area contributed by atoms with Gasteiger partial charge in [0.25, 0.3) is 0 Å². The number of aryl methyl sites for hydroxylation is 2. The molecule has 0 saturated carbocycles. The van der Waals surface area contributed by atoms with Gasteiger partial charge >= 0.3 is 0 Å². The fourth-order valence-electron chi connectivity index (χ4n) is 3.38. The monoisotopic (exact) mass is 380 g/mol. The molecule has 2 N–H and O–H groups in total. The van der Waals surface area contributed by atoms with Gasteiger partial charge in [-0.1, -0.05) is 18.2 Å². The number of carbonyl (C=O) groups excluding carboxylic acids is 1. The van der Waals surface area contributed by atoms with Crippen LogP contribution in [0.3, 0.4) is 0 Å². The van der Waals surface area contributed by atoms with Gasteiger partial charge < -0.3 is 9.73 Å². The number of aromatic nitrogens is 4. The smallest absolute Gasteiger partial charge is 0.232 e. The molecule has 8 nitrogen and oxygen atoms in total. The van der Waals surface area contributed by atoms with Gasteiger partial charge in [-0.05, 0) is 45.0 Å². The van der Waals surface area contributed by atoms with Gasteiger partial charge in [0.1, 0.15) is 5.76 Å². The molecule has 0 radical (unpaired) electrons. The molecular formula is C20H24N6O2. The maximum atomic E-state index is 12.5. The zero-order valence-corrected chi connectivity index (χ0v) is 16.1. The molecule has 3 aromatic rings. The second-order valence-electron chi connectivity index (χ2n) is 7.05. The molecule has 1 aromatic carbocycles. The number of oxazole rings is 1. The zero-order chi connectivity index (χ0) is 19.5. The number of nitrogens with zero attached hydrogens (tertiary/aromatic N) is 4. The van der Waals surface area contributed by atoms with Crippen LogP contribution in [-0.4, -0.2) is 38.7 Å². The highest BCUT2D eigenvalue weighted by molar-refractivity contribution is 5.90. The van der Waals surface area contributed by atoms with Crippen LogP contribution in [0.2, 0.25) is 0 Å². The summed E-state index contributed by atoms with van der Waals surface area (Å²) < 4.78 is 7.35. The molecule has 146 valence electrons. The first-order chi connectivity index (χ1) is 13.6. The lowest BCUT2D eigenvalue weighted by Crippen LogP contribution is -2.27. The second kappa shape index (κ2) is 7.93. The summed E-state index contributed by atoms with van der Waals surface area (Å²) in [5.74, 6) is 2.56. The molecule has 1 amide bonds. The molecular weight excluding hydrogens is 356 g/mol. The number of carbonyl (C=O) groups is 1. The Hall–Kier alpha value is -3.00. The van der Waals surface area contributed by atoms with Crippen LogP contribution in [0.4, 0.5) is 5.95 Å². The molecule has 0 spiro atoms. The van der Waals surface area contributed by atoms with Gasteiger partial charge in [0, 0.05) is 18.5 Å². The SMILES string of the molecule is Cc1oc(-c2ccccc2)nc1CC(=O)Nc1nc(C2CCNCC2)nn1C. The summed E-state index contributed by atoms with van der Waals surface area (Å²) in [4.78, 5) is 21.6. The molecule has 0 bridgehead atoms. The van der Waals surface area contributed by atoms with Gasteiger partial charge in [-0.25, -0.2) is 9.67 Å². The molecule has 4 rings (SSSR count). The maximum absolute atomic E-state index is 12.5. The fourth-order valence-corrected chi connectivity index (χ4v) is 3.38. The highest BCUT2D eigenvalue weighted by Crippen LogP contribution is 2.24. The summed E-state index contributed by atoms with van der Waals surface area (Å²) >= 11 is 0. The van der Waals surface area contributed by atoms with Crippen LogP contribution >= 0.6 is 0 Å². The van der Waals surface area contributed by atoms with E-state index in [-0.39, 0.29) is 12.3 Å². The number of hydrogen-bond acceptors (Lipinski definition) is 6. The Morgan fingerprint density at radius 3 is 2.75 bits per heavy atom. The second-order valence-corrected chi connectivity index (χ2v) is 7.05. The molecule has 0 atom stereocenters. The van der Waals surface area contributed by atoms with Gasteiger partial charge in [0.2, 0.25) is 17.7 Å². The Kier molecular flexibility index (Phi) is 5.21. The van der Waals surface area contributed by atoms with Crippen molar-refractivity contribution in [3.63, 3.8) is 0 Å². The Morgan fingerprint density at radius 1 is 1.25 bits per heavy atom. The van der Waals surface area contributed by atoms with Crippen molar-refractivity contribution >= 4 is 11.9 Å². The largest absolute Gasteiger partial charge is 0.441 e.